The third-order valence-corrected chi connectivity index (χ3v) is 5.81. The summed E-state index contributed by atoms with van der Waals surface area (Å²) in [5, 5.41) is 9.63. The molecule has 162 valence electrons. The number of halogens is 4. The fourth-order valence-electron chi connectivity index (χ4n) is 4.29. The molecule has 0 aliphatic heterocycles. The van der Waals surface area contributed by atoms with Gasteiger partial charge in [-0.05, 0) is 69.8 Å². The first-order chi connectivity index (χ1) is 16.4. The van der Waals surface area contributed by atoms with Gasteiger partial charge in [0.25, 0.3) is 5.70 Å². The topological polar surface area (TPSA) is 28.1 Å². The van der Waals surface area contributed by atoms with Crippen LogP contribution >= 0.6 is 0 Å². The van der Waals surface area contributed by atoms with Gasteiger partial charge in [0, 0.05) is 28.8 Å². The lowest BCUT2D eigenvalue weighted by Crippen LogP contribution is -1.91. The number of allylic oxidation sites excluding steroid dienone is 1. The van der Waals surface area contributed by atoms with E-state index in [1.165, 1.54) is 12.1 Å². The second-order valence-corrected chi connectivity index (χ2v) is 7.72. The van der Waals surface area contributed by atoms with E-state index in [9.17, 15) is 22.8 Å². The van der Waals surface area contributed by atoms with Crippen LogP contribution in [0.25, 0.3) is 43.8 Å². The van der Waals surface area contributed by atoms with Crippen LogP contribution in [0.3, 0.4) is 0 Å². The molecule has 0 aromatic heterocycles. The van der Waals surface area contributed by atoms with Gasteiger partial charge in [0.2, 0.25) is 0 Å². The van der Waals surface area contributed by atoms with Gasteiger partial charge in [-0.2, -0.15) is 0 Å². The van der Waals surface area contributed by atoms with E-state index in [-0.39, 0.29) is 16.8 Å². The van der Waals surface area contributed by atoms with Crippen LogP contribution in [0.5, 0.6) is 0 Å². The Morgan fingerprint density at radius 3 is 1.44 bits per heavy atom. The summed E-state index contributed by atoms with van der Waals surface area (Å²) in [6.45, 7) is 7.50. The van der Waals surface area contributed by atoms with Gasteiger partial charge in [-0.25, -0.2) is 27.7 Å². The minimum absolute atomic E-state index is 0.173. The molecule has 0 amide bonds. The van der Waals surface area contributed by atoms with Crippen LogP contribution in [0, 0.1) is 41.2 Å². The first-order valence-electron chi connectivity index (χ1n) is 10.1. The first kappa shape index (κ1) is 21.2. The Hall–Kier alpha value is -4.68. The summed E-state index contributed by atoms with van der Waals surface area (Å²) < 4.78 is 55.6. The minimum atomic E-state index is -0.735. The molecule has 0 saturated heterocycles. The van der Waals surface area contributed by atoms with Crippen molar-refractivity contribution in [3.05, 3.63) is 124 Å². The van der Waals surface area contributed by atoms with Crippen LogP contribution in [0.2, 0.25) is 0 Å². The van der Waals surface area contributed by atoms with Crippen LogP contribution in [-0.2, 0) is 0 Å². The smallest absolute Gasteiger partial charge is 0.226 e. The van der Waals surface area contributed by atoms with Crippen LogP contribution in [0.1, 0.15) is 11.1 Å². The van der Waals surface area contributed by atoms with Crippen molar-refractivity contribution >= 4 is 5.57 Å². The highest BCUT2D eigenvalue weighted by atomic mass is 19.1. The highest BCUT2D eigenvalue weighted by Crippen LogP contribution is 2.48. The lowest BCUT2D eigenvalue weighted by molar-refractivity contribution is 0.585. The fraction of sp³-hybridized carbons (Fsp3) is 0. The van der Waals surface area contributed by atoms with Gasteiger partial charge in [-0.15, -0.1) is 0 Å². The summed E-state index contributed by atoms with van der Waals surface area (Å²) in [7, 11) is 0. The average Bonchev–Trinajstić information content (AvgIpc) is 3.13. The minimum Gasteiger partial charge on any atom is -0.226 e. The summed E-state index contributed by atoms with van der Waals surface area (Å²) in [6, 6.07) is 18.6. The maximum atomic E-state index is 14.4. The molecule has 0 radical (unpaired) electrons. The summed E-state index contributed by atoms with van der Waals surface area (Å²) >= 11 is 0. The number of hydrogen-bond donors (Lipinski definition) is 0. The molecule has 2 nitrogen and oxygen atoms in total. The van der Waals surface area contributed by atoms with Gasteiger partial charge in [-0.3, -0.25) is 0 Å². The Kier molecular flexibility index (Phi) is 5.00. The zero-order valence-electron chi connectivity index (χ0n) is 17.3. The van der Waals surface area contributed by atoms with E-state index >= 15 is 0 Å². The average molecular weight is 452 g/mol. The van der Waals surface area contributed by atoms with Crippen molar-refractivity contribution < 1.29 is 17.6 Å². The van der Waals surface area contributed by atoms with E-state index in [1.807, 2.05) is 6.07 Å². The van der Waals surface area contributed by atoms with Gasteiger partial charge in [0.05, 0.1) is 12.6 Å². The van der Waals surface area contributed by atoms with Gasteiger partial charge < -0.3 is 0 Å². The Balaban J connectivity index is 1.74. The molecule has 0 unspecified atom stereocenters. The van der Waals surface area contributed by atoms with Crippen LogP contribution in [0.4, 0.5) is 17.6 Å². The first-order valence-corrected chi connectivity index (χ1v) is 10.1. The predicted octanol–water partition coefficient (Wildman–Crippen LogP) is 7.76. The lowest BCUT2D eigenvalue weighted by Gasteiger charge is -2.09. The zero-order valence-corrected chi connectivity index (χ0v) is 17.3. The van der Waals surface area contributed by atoms with Crippen molar-refractivity contribution in [1.29, 1.82) is 5.26 Å². The molecule has 6 heteroatoms. The molecule has 0 heterocycles. The molecule has 0 spiro atoms. The molecule has 0 atom stereocenters. The molecular weight excluding hydrogens is 440 g/mol. The predicted molar refractivity (Wildman–Crippen MR) is 121 cm³/mol. The third kappa shape index (κ3) is 3.34. The molecule has 0 fully saturated rings. The van der Waals surface area contributed by atoms with Crippen molar-refractivity contribution in [2.24, 2.45) is 0 Å². The van der Waals surface area contributed by atoms with E-state index < -0.39 is 23.3 Å². The SMILES string of the molecule is [C-]#[N+]C(C#N)=C1c2cc(-c3ccc(F)cc3F)ccc2-c2ccc(-c3ccc(F)cc3F)cc21. The normalized spacial score (nSPS) is 11.4. The van der Waals surface area contributed by atoms with Crippen molar-refractivity contribution in [1.82, 2.24) is 0 Å². The molecule has 0 saturated carbocycles. The van der Waals surface area contributed by atoms with E-state index in [0.717, 1.165) is 35.4 Å². The molecule has 0 bridgehead atoms. The molecule has 1 aliphatic rings. The Labute approximate surface area is 192 Å². The Morgan fingerprint density at radius 2 is 1.06 bits per heavy atom. The molecule has 4 aromatic carbocycles. The van der Waals surface area contributed by atoms with Crippen molar-refractivity contribution in [3.63, 3.8) is 0 Å². The van der Waals surface area contributed by atoms with Crippen molar-refractivity contribution in [2.45, 2.75) is 0 Å². The quantitative estimate of drug-likeness (QED) is 0.153. The second kappa shape index (κ2) is 8.03. The van der Waals surface area contributed by atoms with Gasteiger partial charge >= 0.3 is 0 Å². The van der Waals surface area contributed by atoms with E-state index in [1.54, 1.807) is 36.4 Å². The molecule has 34 heavy (non-hydrogen) atoms. The second-order valence-electron chi connectivity index (χ2n) is 7.72. The van der Waals surface area contributed by atoms with E-state index in [4.69, 9.17) is 6.57 Å². The van der Waals surface area contributed by atoms with Crippen LogP contribution in [-0.4, -0.2) is 0 Å². The summed E-state index contributed by atoms with van der Waals surface area (Å²) in [4.78, 5) is 3.37. The number of fused-ring (bicyclic) bond motifs is 3. The summed E-state index contributed by atoms with van der Waals surface area (Å²) in [6.07, 6.45) is 0. The van der Waals surface area contributed by atoms with E-state index in [2.05, 4.69) is 4.85 Å². The third-order valence-electron chi connectivity index (χ3n) is 5.81. The van der Waals surface area contributed by atoms with Gasteiger partial charge in [-0.1, -0.05) is 24.3 Å². The lowest BCUT2D eigenvalue weighted by atomic mass is 9.96. The molecule has 5 rings (SSSR count). The molecule has 0 N–H and O–H groups in total. The number of nitriles is 1. The fourth-order valence-corrected chi connectivity index (χ4v) is 4.29. The highest BCUT2D eigenvalue weighted by molar-refractivity contribution is 6.05. The van der Waals surface area contributed by atoms with Crippen LogP contribution < -0.4 is 0 Å². The van der Waals surface area contributed by atoms with Gasteiger partial charge in [0.1, 0.15) is 23.3 Å². The molecule has 1 aliphatic carbocycles. The highest BCUT2D eigenvalue weighted by Gasteiger charge is 2.28. The standard InChI is InChI=1S/C28H12F4N2/c1-34-27(14-33)28-23-10-15(19-8-4-17(29)12-25(19)31)2-6-21(23)22-7-3-16(11-24(22)28)20-9-5-18(30)13-26(20)32/h2-13H. The molecular formula is C28H12F4N2. The van der Waals surface area contributed by atoms with Crippen molar-refractivity contribution in [2.75, 3.05) is 0 Å². The maximum absolute atomic E-state index is 14.4. The van der Waals surface area contributed by atoms with E-state index in [0.29, 0.717) is 27.8 Å². The number of hydrogen-bond acceptors (Lipinski definition) is 1. The number of rotatable bonds is 2. The molecule has 4 aromatic rings. The van der Waals surface area contributed by atoms with Crippen LogP contribution in [0.15, 0.2) is 78.5 Å². The Morgan fingerprint density at radius 1 is 0.618 bits per heavy atom. The van der Waals surface area contributed by atoms with Crippen molar-refractivity contribution in [3.8, 4) is 39.4 Å². The number of nitrogens with zero attached hydrogens (tertiary/aromatic N) is 2. The number of benzene rings is 4. The largest absolute Gasteiger partial charge is 0.270 e. The monoisotopic (exact) mass is 452 g/mol. The summed E-state index contributed by atoms with van der Waals surface area (Å²) in [5.74, 6) is -2.87. The summed E-state index contributed by atoms with van der Waals surface area (Å²) in [5.41, 5.74) is 3.95. The van der Waals surface area contributed by atoms with Gasteiger partial charge in [0.15, 0.2) is 0 Å². The Bertz CT molecular complexity index is 1500. The maximum Gasteiger partial charge on any atom is 0.270 e. The zero-order chi connectivity index (χ0) is 24.0.